The van der Waals surface area contributed by atoms with Gasteiger partial charge in [-0.3, -0.25) is 4.98 Å². The second kappa shape index (κ2) is 5.41. The Morgan fingerprint density at radius 2 is 2.31 bits per heavy atom. The summed E-state index contributed by atoms with van der Waals surface area (Å²) in [7, 11) is 1.27. The van der Waals surface area contributed by atoms with Crippen LogP contribution in [0.3, 0.4) is 0 Å². The van der Waals surface area contributed by atoms with Gasteiger partial charge >= 0.3 is 5.97 Å². The molecule has 0 amide bonds. The zero-order valence-electron chi connectivity index (χ0n) is 9.52. The van der Waals surface area contributed by atoms with Gasteiger partial charge in [0.05, 0.1) is 25.1 Å². The van der Waals surface area contributed by atoms with Crippen LogP contribution in [0, 0.1) is 13.8 Å². The normalized spacial score (nSPS) is 12.0. The van der Waals surface area contributed by atoms with Crippen LogP contribution in [0.25, 0.3) is 0 Å². The average Bonchev–Trinajstić information content (AvgIpc) is 2.29. The molecule has 0 aromatic carbocycles. The molecule has 6 nitrogen and oxygen atoms in total. The highest BCUT2D eigenvalue weighted by Gasteiger charge is 2.19. The molecule has 1 unspecified atom stereocenters. The first-order chi connectivity index (χ1) is 7.58. The van der Waals surface area contributed by atoms with Gasteiger partial charge in [0.1, 0.15) is 11.9 Å². The second-order valence-electron chi connectivity index (χ2n) is 3.35. The number of hydrogen-bond acceptors (Lipinski definition) is 6. The van der Waals surface area contributed by atoms with E-state index in [2.05, 4.69) is 20.0 Å². The molecule has 0 saturated heterocycles. The van der Waals surface area contributed by atoms with E-state index in [9.17, 15) is 4.79 Å². The smallest absolute Gasteiger partial charge is 0.330 e. The quantitative estimate of drug-likeness (QED) is 0.704. The molecule has 88 valence electrons. The Hall–Kier alpha value is -1.69. The van der Waals surface area contributed by atoms with Crippen LogP contribution in [0.4, 0.5) is 5.82 Å². The molecule has 0 radical (unpaired) electrons. The van der Waals surface area contributed by atoms with Crippen molar-refractivity contribution in [2.75, 3.05) is 19.0 Å². The van der Waals surface area contributed by atoms with Crippen molar-refractivity contribution in [2.24, 2.45) is 0 Å². The zero-order valence-corrected chi connectivity index (χ0v) is 9.52. The van der Waals surface area contributed by atoms with Crippen LogP contribution in [-0.2, 0) is 9.53 Å². The van der Waals surface area contributed by atoms with Gasteiger partial charge in [-0.15, -0.1) is 0 Å². The van der Waals surface area contributed by atoms with Crippen molar-refractivity contribution >= 4 is 11.8 Å². The Morgan fingerprint density at radius 3 is 2.88 bits per heavy atom. The molecule has 1 rings (SSSR count). The Kier molecular flexibility index (Phi) is 4.19. The molecule has 1 heterocycles. The first kappa shape index (κ1) is 12.4. The highest BCUT2D eigenvalue weighted by atomic mass is 16.5. The maximum Gasteiger partial charge on any atom is 0.330 e. The summed E-state index contributed by atoms with van der Waals surface area (Å²) in [4.78, 5) is 19.5. The van der Waals surface area contributed by atoms with Crippen molar-refractivity contribution in [1.29, 1.82) is 0 Å². The van der Waals surface area contributed by atoms with E-state index in [-0.39, 0.29) is 6.61 Å². The van der Waals surface area contributed by atoms with Crippen LogP contribution in [0.1, 0.15) is 11.4 Å². The third kappa shape index (κ3) is 2.90. The van der Waals surface area contributed by atoms with E-state index in [1.165, 1.54) is 7.11 Å². The fourth-order valence-electron chi connectivity index (χ4n) is 1.16. The summed E-state index contributed by atoms with van der Waals surface area (Å²) in [5.74, 6) is -0.0605. The lowest BCUT2D eigenvalue weighted by atomic mass is 10.3. The molecule has 0 fully saturated rings. The minimum atomic E-state index is -0.820. The lowest BCUT2D eigenvalue weighted by Crippen LogP contribution is -2.34. The number of methoxy groups -OCH3 is 1. The van der Waals surface area contributed by atoms with Crippen molar-refractivity contribution in [3.8, 4) is 0 Å². The highest BCUT2D eigenvalue weighted by Crippen LogP contribution is 2.10. The predicted molar refractivity (Wildman–Crippen MR) is 58.0 cm³/mol. The number of aryl methyl sites for hydroxylation is 2. The Labute approximate surface area is 93.7 Å². The van der Waals surface area contributed by atoms with Crippen LogP contribution in [-0.4, -0.2) is 40.8 Å². The van der Waals surface area contributed by atoms with E-state index < -0.39 is 12.0 Å². The number of esters is 1. The number of nitrogens with zero attached hydrogens (tertiary/aromatic N) is 2. The standard InChI is InChI=1S/C10H15N3O3/c1-6-4-11-7(2)9(12-6)13-8(5-14)10(15)16-3/h4,8,14H,5H2,1-3H3,(H,12,13). The Bertz CT molecular complexity index is 382. The molecule has 0 aliphatic carbocycles. The predicted octanol–water partition coefficient (Wildman–Crippen LogP) is 0.0392. The van der Waals surface area contributed by atoms with Gasteiger partial charge in [-0.05, 0) is 13.8 Å². The first-order valence-corrected chi connectivity index (χ1v) is 4.84. The van der Waals surface area contributed by atoms with Gasteiger partial charge < -0.3 is 15.2 Å². The van der Waals surface area contributed by atoms with E-state index in [0.29, 0.717) is 11.5 Å². The molecule has 0 bridgehead atoms. The van der Waals surface area contributed by atoms with Gasteiger partial charge in [-0.25, -0.2) is 9.78 Å². The maximum atomic E-state index is 11.3. The lowest BCUT2D eigenvalue weighted by molar-refractivity contribution is -0.142. The SMILES string of the molecule is COC(=O)C(CO)Nc1nc(C)cnc1C. The van der Waals surface area contributed by atoms with Gasteiger partial charge in [-0.2, -0.15) is 0 Å². The molecule has 1 aromatic heterocycles. The van der Waals surface area contributed by atoms with E-state index in [0.717, 1.165) is 5.69 Å². The van der Waals surface area contributed by atoms with Crippen LogP contribution in [0.2, 0.25) is 0 Å². The van der Waals surface area contributed by atoms with Gasteiger partial charge in [0, 0.05) is 6.20 Å². The summed E-state index contributed by atoms with van der Waals surface area (Å²) in [5, 5.41) is 11.8. The molecule has 0 aliphatic heterocycles. The fraction of sp³-hybridized carbons (Fsp3) is 0.500. The van der Waals surface area contributed by atoms with Gasteiger partial charge in [0.25, 0.3) is 0 Å². The molecule has 0 saturated carbocycles. The van der Waals surface area contributed by atoms with Crippen molar-refractivity contribution in [3.63, 3.8) is 0 Å². The number of aliphatic hydroxyl groups is 1. The fourth-order valence-corrected chi connectivity index (χ4v) is 1.16. The summed E-state index contributed by atoms with van der Waals surface area (Å²) < 4.78 is 4.54. The topological polar surface area (TPSA) is 84.3 Å². The number of ether oxygens (including phenoxy) is 1. The number of rotatable bonds is 4. The summed E-state index contributed by atoms with van der Waals surface area (Å²) in [6.07, 6.45) is 1.63. The van der Waals surface area contributed by atoms with Gasteiger partial charge in [-0.1, -0.05) is 0 Å². The summed E-state index contributed by atoms with van der Waals surface area (Å²) in [6.45, 7) is 3.20. The second-order valence-corrected chi connectivity index (χ2v) is 3.35. The molecule has 16 heavy (non-hydrogen) atoms. The summed E-state index contributed by atoms with van der Waals surface area (Å²) in [6, 6.07) is -0.820. The summed E-state index contributed by atoms with van der Waals surface area (Å²) in [5.41, 5.74) is 1.39. The number of nitrogens with one attached hydrogen (secondary N) is 1. The molecule has 2 N–H and O–H groups in total. The number of aromatic nitrogens is 2. The number of carbonyl (C=O) groups excluding carboxylic acids is 1. The molecule has 6 heteroatoms. The number of anilines is 1. The molecule has 1 aromatic rings. The Morgan fingerprint density at radius 1 is 1.62 bits per heavy atom. The van der Waals surface area contributed by atoms with Crippen LogP contribution >= 0.6 is 0 Å². The number of aliphatic hydroxyl groups excluding tert-OH is 1. The first-order valence-electron chi connectivity index (χ1n) is 4.84. The molecule has 0 aliphatic rings. The third-order valence-electron chi connectivity index (χ3n) is 2.06. The lowest BCUT2D eigenvalue weighted by Gasteiger charge is -2.15. The highest BCUT2D eigenvalue weighted by molar-refractivity contribution is 5.79. The third-order valence-corrected chi connectivity index (χ3v) is 2.06. The summed E-state index contributed by atoms with van der Waals surface area (Å²) >= 11 is 0. The van der Waals surface area contributed by atoms with Gasteiger partial charge in [0.15, 0.2) is 0 Å². The Balaban J connectivity index is 2.85. The van der Waals surface area contributed by atoms with E-state index in [1.54, 1.807) is 20.0 Å². The zero-order chi connectivity index (χ0) is 12.1. The molecule has 1 atom stereocenters. The molecular formula is C10H15N3O3. The minimum Gasteiger partial charge on any atom is -0.467 e. The maximum absolute atomic E-state index is 11.3. The molecule has 0 spiro atoms. The van der Waals surface area contributed by atoms with E-state index >= 15 is 0 Å². The van der Waals surface area contributed by atoms with Crippen molar-refractivity contribution < 1.29 is 14.6 Å². The van der Waals surface area contributed by atoms with Crippen molar-refractivity contribution in [3.05, 3.63) is 17.6 Å². The largest absolute Gasteiger partial charge is 0.467 e. The average molecular weight is 225 g/mol. The molecular weight excluding hydrogens is 210 g/mol. The van der Waals surface area contributed by atoms with E-state index in [4.69, 9.17) is 5.11 Å². The number of hydrogen-bond donors (Lipinski definition) is 2. The van der Waals surface area contributed by atoms with Crippen LogP contribution < -0.4 is 5.32 Å². The van der Waals surface area contributed by atoms with Crippen molar-refractivity contribution in [2.45, 2.75) is 19.9 Å². The number of carbonyl (C=O) groups is 1. The monoisotopic (exact) mass is 225 g/mol. The van der Waals surface area contributed by atoms with Crippen LogP contribution in [0.5, 0.6) is 0 Å². The minimum absolute atomic E-state index is 0.359. The van der Waals surface area contributed by atoms with E-state index in [1.807, 2.05) is 0 Å². The van der Waals surface area contributed by atoms with Crippen LogP contribution in [0.15, 0.2) is 6.20 Å². The van der Waals surface area contributed by atoms with Gasteiger partial charge in [0.2, 0.25) is 0 Å². The van der Waals surface area contributed by atoms with Crippen molar-refractivity contribution in [1.82, 2.24) is 9.97 Å².